The summed E-state index contributed by atoms with van der Waals surface area (Å²) in [5, 5.41) is 0. The van der Waals surface area contributed by atoms with Gasteiger partial charge in [0.1, 0.15) is 5.78 Å². The number of allylic oxidation sites excluding steroid dienone is 3. The first kappa shape index (κ1) is 17.2. The molecule has 1 fully saturated rings. The van der Waals surface area contributed by atoms with Gasteiger partial charge in [0.15, 0.2) is 0 Å². The molecule has 0 aromatic rings. The molecular formula is C18H30O2. The predicted octanol–water partition coefficient (Wildman–Crippen LogP) is 4.99. The SMILES string of the molecule is CC(=O)CC/C=C(\C)CC/C=C(\C)C1CCC(C)(C)O1. The second-order valence-corrected chi connectivity index (χ2v) is 6.68. The molecule has 20 heavy (non-hydrogen) atoms. The molecule has 1 rings (SSSR count). The summed E-state index contributed by atoms with van der Waals surface area (Å²) in [6, 6.07) is 0. The molecule has 0 bridgehead atoms. The third-order valence-corrected chi connectivity index (χ3v) is 3.97. The molecular weight excluding hydrogens is 248 g/mol. The van der Waals surface area contributed by atoms with E-state index < -0.39 is 0 Å². The highest BCUT2D eigenvalue weighted by Crippen LogP contribution is 2.32. The van der Waals surface area contributed by atoms with Crippen LogP contribution in [0.1, 0.15) is 73.1 Å². The first-order valence-electron chi connectivity index (χ1n) is 7.80. The van der Waals surface area contributed by atoms with E-state index >= 15 is 0 Å². The monoisotopic (exact) mass is 278 g/mol. The molecule has 0 aliphatic carbocycles. The third-order valence-electron chi connectivity index (χ3n) is 3.97. The Kier molecular flexibility index (Phi) is 6.67. The lowest BCUT2D eigenvalue weighted by Crippen LogP contribution is -2.20. The number of hydrogen-bond acceptors (Lipinski definition) is 2. The second-order valence-electron chi connectivity index (χ2n) is 6.68. The van der Waals surface area contributed by atoms with Crippen molar-refractivity contribution in [3.63, 3.8) is 0 Å². The normalized spacial score (nSPS) is 23.1. The van der Waals surface area contributed by atoms with Gasteiger partial charge in [-0.2, -0.15) is 0 Å². The molecule has 2 nitrogen and oxygen atoms in total. The smallest absolute Gasteiger partial charge is 0.130 e. The van der Waals surface area contributed by atoms with Crippen molar-refractivity contribution in [3.8, 4) is 0 Å². The fraction of sp³-hybridized carbons (Fsp3) is 0.722. The molecule has 0 aromatic carbocycles. The Morgan fingerprint density at radius 2 is 1.80 bits per heavy atom. The summed E-state index contributed by atoms with van der Waals surface area (Å²) in [7, 11) is 0. The number of hydrogen-bond donors (Lipinski definition) is 0. The fourth-order valence-electron chi connectivity index (χ4n) is 2.59. The van der Waals surface area contributed by atoms with Crippen LogP contribution in [0.4, 0.5) is 0 Å². The van der Waals surface area contributed by atoms with E-state index in [9.17, 15) is 4.79 Å². The Morgan fingerprint density at radius 1 is 1.15 bits per heavy atom. The van der Waals surface area contributed by atoms with Gasteiger partial charge in [0.25, 0.3) is 0 Å². The van der Waals surface area contributed by atoms with Gasteiger partial charge >= 0.3 is 0 Å². The summed E-state index contributed by atoms with van der Waals surface area (Å²) in [6.07, 6.45) is 10.8. The summed E-state index contributed by atoms with van der Waals surface area (Å²) >= 11 is 0. The van der Waals surface area contributed by atoms with Crippen LogP contribution in [-0.4, -0.2) is 17.5 Å². The van der Waals surface area contributed by atoms with Crippen LogP contribution >= 0.6 is 0 Å². The maximum absolute atomic E-state index is 10.9. The van der Waals surface area contributed by atoms with Gasteiger partial charge in [-0.25, -0.2) is 0 Å². The van der Waals surface area contributed by atoms with E-state index in [-0.39, 0.29) is 11.4 Å². The van der Waals surface area contributed by atoms with Crippen LogP contribution in [-0.2, 0) is 9.53 Å². The largest absolute Gasteiger partial charge is 0.368 e. The zero-order valence-electron chi connectivity index (χ0n) is 13.8. The summed E-state index contributed by atoms with van der Waals surface area (Å²) in [5.41, 5.74) is 2.79. The van der Waals surface area contributed by atoms with Gasteiger partial charge in [0.2, 0.25) is 0 Å². The van der Waals surface area contributed by atoms with Crippen molar-refractivity contribution in [1.29, 1.82) is 0 Å². The van der Waals surface area contributed by atoms with E-state index in [1.54, 1.807) is 6.92 Å². The maximum Gasteiger partial charge on any atom is 0.130 e. The average molecular weight is 278 g/mol. The zero-order valence-corrected chi connectivity index (χ0v) is 13.8. The van der Waals surface area contributed by atoms with Crippen molar-refractivity contribution >= 4 is 5.78 Å². The van der Waals surface area contributed by atoms with Gasteiger partial charge in [0.05, 0.1) is 11.7 Å². The van der Waals surface area contributed by atoms with Crippen LogP contribution < -0.4 is 0 Å². The Hall–Kier alpha value is -0.890. The number of carbonyl (C=O) groups is 1. The van der Waals surface area contributed by atoms with Crippen LogP contribution in [0, 0.1) is 0 Å². The van der Waals surface area contributed by atoms with Crippen molar-refractivity contribution in [1.82, 2.24) is 0 Å². The standard InChI is InChI=1S/C18H30O2/c1-14(9-7-11-16(3)19)8-6-10-15(2)17-12-13-18(4,5)20-17/h9-10,17H,6-8,11-13H2,1-5H3/b14-9+,15-10+. The van der Waals surface area contributed by atoms with Gasteiger partial charge in [-0.1, -0.05) is 17.7 Å². The summed E-state index contributed by atoms with van der Waals surface area (Å²) < 4.78 is 6.04. The molecule has 114 valence electrons. The van der Waals surface area contributed by atoms with Crippen molar-refractivity contribution in [2.45, 2.75) is 84.8 Å². The molecule has 0 amide bonds. The Labute approximate surface area is 124 Å². The summed E-state index contributed by atoms with van der Waals surface area (Å²) in [5.74, 6) is 0.269. The molecule has 1 atom stereocenters. The summed E-state index contributed by atoms with van der Waals surface area (Å²) in [6.45, 7) is 10.3. The van der Waals surface area contributed by atoms with Crippen LogP contribution in [0.3, 0.4) is 0 Å². The van der Waals surface area contributed by atoms with Crippen molar-refractivity contribution in [3.05, 3.63) is 23.3 Å². The van der Waals surface area contributed by atoms with Crippen LogP contribution in [0.25, 0.3) is 0 Å². The third kappa shape index (κ3) is 6.51. The average Bonchev–Trinajstić information content (AvgIpc) is 2.69. The van der Waals surface area contributed by atoms with Crippen molar-refractivity contribution in [2.75, 3.05) is 0 Å². The van der Waals surface area contributed by atoms with Crippen LogP contribution in [0.15, 0.2) is 23.3 Å². The fourth-order valence-corrected chi connectivity index (χ4v) is 2.59. The minimum Gasteiger partial charge on any atom is -0.368 e. The van der Waals surface area contributed by atoms with E-state index in [2.05, 4.69) is 39.8 Å². The lowest BCUT2D eigenvalue weighted by atomic mass is 10.0. The number of carbonyl (C=O) groups excluding carboxylic acids is 1. The molecule has 1 saturated heterocycles. The second kappa shape index (κ2) is 7.78. The lowest BCUT2D eigenvalue weighted by Gasteiger charge is -2.19. The van der Waals surface area contributed by atoms with E-state index in [1.807, 2.05) is 0 Å². The van der Waals surface area contributed by atoms with E-state index in [1.165, 1.54) is 11.1 Å². The number of ether oxygens (including phenoxy) is 1. The summed E-state index contributed by atoms with van der Waals surface area (Å²) in [4.78, 5) is 10.9. The van der Waals surface area contributed by atoms with Gasteiger partial charge in [0, 0.05) is 6.42 Å². The highest BCUT2D eigenvalue weighted by atomic mass is 16.5. The zero-order chi connectivity index (χ0) is 15.2. The Balaban J connectivity index is 2.31. The molecule has 1 aliphatic heterocycles. The Bertz CT molecular complexity index is 388. The predicted molar refractivity (Wildman–Crippen MR) is 84.8 cm³/mol. The lowest BCUT2D eigenvalue weighted by molar-refractivity contribution is -0.116. The Morgan fingerprint density at radius 3 is 2.35 bits per heavy atom. The molecule has 2 heteroatoms. The molecule has 0 saturated carbocycles. The quantitative estimate of drug-likeness (QED) is 0.613. The first-order valence-corrected chi connectivity index (χ1v) is 7.80. The van der Waals surface area contributed by atoms with Crippen LogP contribution in [0.5, 0.6) is 0 Å². The van der Waals surface area contributed by atoms with E-state index in [0.717, 1.165) is 32.1 Å². The maximum atomic E-state index is 10.9. The van der Waals surface area contributed by atoms with Gasteiger partial charge in [-0.15, -0.1) is 0 Å². The highest BCUT2D eigenvalue weighted by molar-refractivity contribution is 5.75. The molecule has 0 N–H and O–H groups in total. The number of rotatable bonds is 7. The minimum absolute atomic E-state index is 0.0439. The first-order chi connectivity index (χ1) is 9.30. The minimum atomic E-state index is 0.0439. The molecule has 0 spiro atoms. The van der Waals surface area contributed by atoms with E-state index in [0.29, 0.717) is 12.5 Å². The van der Waals surface area contributed by atoms with Crippen molar-refractivity contribution < 1.29 is 9.53 Å². The topological polar surface area (TPSA) is 26.3 Å². The number of Topliss-reactive ketones (excluding diaryl/α,β-unsaturated/α-hetero) is 1. The highest BCUT2D eigenvalue weighted by Gasteiger charge is 2.32. The molecule has 1 heterocycles. The van der Waals surface area contributed by atoms with Crippen molar-refractivity contribution in [2.24, 2.45) is 0 Å². The van der Waals surface area contributed by atoms with Gasteiger partial charge < -0.3 is 9.53 Å². The molecule has 0 aromatic heterocycles. The van der Waals surface area contributed by atoms with Gasteiger partial charge in [-0.3, -0.25) is 0 Å². The van der Waals surface area contributed by atoms with Crippen LogP contribution in [0.2, 0.25) is 0 Å². The molecule has 0 radical (unpaired) electrons. The van der Waals surface area contributed by atoms with Gasteiger partial charge in [-0.05, 0) is 72.3 Å². The van der Waals surface area contributed by atoms with E-state index in [4.69, 9.17) is 4.74 Å². The number of ketones is 1. The molecule has 1 unspecified atom stereocenters. The molecule has 1 aliphatic rings.